The average molecular weight is 603 g/mol. The molecule has 0 radical (unpaired) electrons. The third kappa shape index (κ3) is 7.46. The van der Waals surface area contributed by atoms with Gasteiger partial charge in [0.2, 0.25) is 5.91 Å². The SMILES string of the molecule is CCC(Sc1cccc(NC(=O)/C(=C/c2c[nH]c3ccccc23)NC(=O)c2ccccc2)c1)C(=O)Nc1ccc(C)c(C)c1. The molecule has 0 aliphatic heterocycles. The van der Waals surface area contributed by atoms with Crippen LogP contribution in [0.2, 0.25) is 0 Å². The molecule has 7 nitrogen and oxygen atoms in total. The van der Waals surface area contributed by atoms with Crippen molar-refractivity contribution in [1.29, 1.82) is 0 Å². The molecule has 1 heterocycles. The van der Waals surface area contributed by atoms with E-state index in [4.69, 9.17) is 0 Å². The summed E-state index contributed by atoms with van der Waals surface area (Å²) in [5, 5.41) is 9.35. The smallest absolute Gasteiger partial charge is 0.272 e. The third-order valence-electron chi connectivity index (χ3n) is 7.26. The Hall–Kier alpha value is -5.08. The summed E-state index contributed by atoms with van der Waals surface area (Å²) in [5.41, 5.74) is 5.82. The standard InChI is InChI=1S/C36H34N4O3S/c1-4-33(36(43)39-28-18-17-23(2)24(3)19-28)44-29-14-10-13-27(21-29)38-35(42)32(40-34(41)25-11-6-5-7-12-25)20-26-22-37-31-16-9-8-15-30(26)31/h5-22,33,37H,4H2,1-3H3,(H,38,42)(H,39,43)(H,40,41)/b32-20-. The number of H-pyrrole nitrogens is 1. The van der Waals surface area contributed by atoms with Crippen LogP contribution in [0.25, 0.3) is 17.0 Å². The lowest BCUT2D eigenvalue weighted by molar-refractivity contribution is -0.116. The molecule has 222 valence electrons. The highest BCUT2D eigenvalue weighted by atomic mass is 32.2. The van der Waals surface area contributed by atoms with Crippen molar-refractivity contribution < 1.29 is 14.4 Å². The number of hydrogen-bond donors (Lipinski definition) is 4. The van der Waals surface area contributed by atoms with E-state index in [9.17, 15) is 14.4 Å². The Balaban J connectivity index is 1.34. The number of carbonyl (C=O) groups excluding carboxylic acids is 3. The maximum Gasteiger partial charge on any atom is 0.272 e. The Bertz CT molecular complexity index is 1850. The number of thioether (sulfide) groups is 1. The van der Waals surface area contributed by atoms with Crippen molar-refractivity contribution in [3.8, 4) is 0 Å². The van der Waals surface area contributed by atoms with Gasteiger partial charge in [-0.05, 0) is 86.0 Å². The van der Waals surface area contributed by atoms with E-state index in [1.165, 1.54) is 17.3 Å². The summed E-state index contributed by atoms with van der Waals surface area (Å²) in [7, 11) is 0. The zero-order valence-corrected chi connectivity index (χ0v) is 25.6. The van der Waals surface area contributed by atoms with Crippen molar-refractivity contribution >= 4 is 57.8 Å². The predicted molar refractivity (Wildman–Crippen MR) is 180 cm³/mol. The van der Waals surface area contributed by atoms with Crippen LogP contribution in [0.1, 0.15) is 40.4 Å². The maximum absolute atomic E-state index is 13.6. The number of rotatable bonds is 10. The lowest BCUT2D eigenvalue weighted by atomic mass is 10.1. The molecular formula is C36H34N4O3S. The molecule has 0 bridgehead atoms. The van der Waals surface area contributed by atoms with Gasteiger partial charge in [-0.3, -0.25) is 14.4 Å². The number of aromatic nitrogens is 1. The number of anilines is 2. The van der Waals surface area contributed by atoms with Crippen LogP contribution in [-0.2, 0) is 9.59 Å². The van der Waals surface area contributed by atoms with Crippen molar-refractivity contribution in [2.45, 2.75) is 37.3 Å². The normalized spacial score (nSPS) is 12.0. The first kappa shape index (κ1) is 30.4. The summed E-state index contributed by atoms with van der Waals surface area (Å²) < 4.78 is 0. The number of amides is 3. The third-order valence-corrected chi connectivity index (χ3v) is 8.62. The Morgan fingerprint density at radius 3 is 2.34 bits per heavy atom. The number of aryl methyl sites for hydroxylation is 2. The minimum atomic E-state index is -0.471. The molecule has 1 aromatic heterocycles. The van der Waals surface area contributed by atoms with Crippen molar-refractivity contribution in [1.82, 2.24) is 10.3 Å². The zero-order valence-electron chi connectivity index (χ0n) is 24.8. The topological polar surface area (TPSA) is 103 Å². The largest absolute Gasteiger partial charge is 0.361 e. The molecule has 3 amide bonds. The minimum absolute atomic E-state index is 0.0808. The predicted octanol–water partition coefficient (Wildman–Crippen LogP) is 7.70. The van der Waals surface area contributed by atoms with E-state index in [1.807, 2.05) is 87.5 Å². The molecule has 0 saturated carbocycles. The number of carbonyl (C=O) groups is 3. The number of hydrogen-bond acceptors (Lipinski definition) is 4. The van der Waals surface area contributed by atoms with Crippen LogP contribution in [0.3, 0.4) is 0 Å². The molecule has 8 heteroatoms. The molecule has 1 atom stereocenters. The molecular weight excluding hydrogens is 568 g/mol. The fourth-order valence-electron chi connectivity index (χ4n) is 4.69. The molecule has 1 unspecified atom stereocenters. The summed E-state index contributed by atoms with van der Waals surface area (Å²) in [6.07, 6.45) is 4.09. The molecule has 0 fully saturated rings. The lowest BCUT2D eigenvalue weighted by Crippen LogP contribution is -2.30. The van der Waals surface area contributed by atoms with Crippen molar-refractivity contribution in [2.75, 3.05) is 10.6 Å². The Kier molecular flexibility index (Phi) is 9.62. The van der Waals surface area contributed by atoms with E-state index in [0.29, 0.717) is 17.7 Å². The summed E-state index contributed by atoms with van der Waals surface area (Å²) in [6, 6.07) is 29.7. The summed E-state index contributed by atoms with van der Waals surface area (Å²) in [6.45, 7) is 6.03. The number of para-hydroxylation sites is 1. The van der Waals surface area contributed by atoms with Crippen molar-refractivity contribution in [2.24, 2.45) is 0 Å². The minimum Gasteiger partial charge on any atom is -0.361 e. The van der Waals surface area contributed by atoms with Gasteiger partial charge in [-0.1, -0.05) is 55.5 Å². The van der Waals surface area contributed by atoms with E-state index >= 15 is 0 Å². The van der Waals surface area contributed by atoms with Crippen LogP contribution in [0, 0.1) is 13.8 Å². The molecule has 0 aliphatic rings. The van der Waals surface area contributed by atoms with Gasteiger partial charge in [-0.25, -0.2) is 0 Å². The Labute approximate surface area is 261 Å². The van der Waals surface area contributed by atoms with Crippen molar-refractivity contribution in [3.05, 3.63) is 131 Å². The van der Waals surface area contributed by atoms with Gasteiger partial charge < -0.3 is 20.9 Å². The van der Waals surface area contributed by atoms with E-state index < -0.39 is 11.8 Å². The summed E-state index contributed by atoms with van der Waals surface area (Å²) in [4.78, 5) is 43.8. The molecule has 0 spiro atoms. The summed E-state index contributed by atoms with van der Waals surface area (Å²) in [5.74, 6) is -0.944. The van der Waals surface area contributed by atoms with Crippen LogP contribution in [0.5, 0.6) is 0 Å². The highest BCUT2D eigenvalue weighted by Gasteiger charge is 2.20. The zero-order chi connectivity index (χ0) is 31.1. The highest BCUT2D eigenvalue weighted by molar-refractivity contribution is 8.00. The fraction of sp³-hybridized carbons (Fsp3) is 0.139. The molecule has 0 saturated heterocycles. The van der Waals surface area contributed by atoms with Gasteiger partial charge in [0.15, 0.2) is 0 Å². The lowest BCUT2D eigenvalue weighted by Gasteiger charge is -2.16. The van der Waals surface area contributed by atoms with Crippen LogP contribution in [0.4, 0.5) is 11.4 Å². The van der Waals surface area contributed by atoms with Crippen LogP contribution in [0.15, 0.2) is 114 Å². The van der Waals surface area contributed by atoms with E-state index in [0.717, 1.165) is 32.6 Å². The highest BCUT2D eigenvalue weighted by Crippen LogP contribution is 2.29. The van der Waals surface area contributed by atoms with Crippen LogP contribution < -0.4 is 16.0 Å². The van der Waals surface area contributed by atoms with Crippen LogP contribution in [-0.4, -0.2) is 28.0 Å². The molecule has 44 heavy (non-hydrogen) atoms. The summed E-state index contributed by atoms with van der Waals surface area (Å²) >= 11 is 1.43. The van der Waals surface area contributed by atoms with Gasteiger partial charge in [0.25, 0.3) is 11.8 Å². The first-order valence-electron chi connectivity index (χ1n) is 14.4. The molecule has 5 rings (SSSR count). The van der Waals surface area contributed by atoms with Gasteiger partial charge in [0.05, 0.1) is 5.25 Å². The number of benzene rings is 4. The van der Waals surface area contributed by atoms with E-state index in [-0.39, 0.29) is 16.9 Å². The molecule has 4 aromatic carbocycles. The first-order valence-corrected chi connectivity index (χ1v) is 15.3. The average Bonchev–Trinajstić information content (AvgIpc) is 3.44. The number of aromatic amines is 1. The van der Waals surface area contributed by atoms with Gasteiger partial charge in [-0.2, -0.15) is 0 Å². The molecule has 0 aliphatic carbocycles. The van der Waals surface area contributed by atoms with Gasteiger partial charge in [0, 0.05) is 44.5 Å². The quantitative estimate of drug-likeness (QED) is 0.0971. The fourth-order valence-corrected chi connectivity index (χ4v) is 5.70. The van der Waals surface area contributed by atoms with E-state index in [1.54, 1.807) is 42.6 Å². The van der Waals surface area contributed by atoms with Gasteiger partial charge >= 0.3 is 0 Å². The number of nitrogens with one attached hydrogen (secondary N) is 4. The second-order valence-corrected chi connectivity index (χ2v) is 11.7. The maximum atomic E-state index is 13.6. The second-order valence-electron chi connectivity index (χ2n) is 10.5. The van der Waals surface area contributed by atoms with Crippen LogP contribution >= 0.6 is 11.8 Å². The Morgan fingerprint density at radius 1 is 0.818 bits per heavy atom. The molecule has 4 N–H and O–H groups in total. The monoisotopic (exact) mass is 602 g/mol. The molecule has 5 aromatic rings. The Morgan fingerprint density at radius 2 is 1.57 bits per heavy atom. The van der Waals surface area contributed by atoms with Gasteiger partial charge in [-0.15, -0.1) is 11.8 Å². The van der Waals surface area contributed by atoms with Gasteiger partial charge in [0.1, 0.15) is 5.70 Å². The first-order chi connectivity index (χ1) is 21.3. The number of fused-ring (bicyclic) bond motifs is 1. The van der Waals surface area contributed by atoms with Crippen molar-refractivity contribution in [3.63, 3.8) is 0 Å². The van der Waals surface area contributed by atoms with E-state index in [2.05, 4.69) is 20.9 Å². The second kappa shape index (κ2) is 13.9.